The van der Waals surface area contributed by atoms with Gasteiger partial charge in [-0.3, -0.25) is 10.1 Å². The van der Waals surface area contributed by atoms with E-state index < -0.39 is 23.3 Å². The molecule has 218 valence electrons. The van der Waals surface area contributed by atoms with Crippen molar-refractivity contribution in [3.8, 4) is 0 Å². The molecule has 1 aromatic carbocycles. The lowest BCUT2D eigenvalue weighted by Crippen LogP contribution is -2.60. The predicted octanol–water partition coefficient (Wildman–Crippen LogP) is 4.13. The van der Waals surface area contributed by atoms with Crippen molar-refractivity contribution in [1.29, 1.82) is 0 Å². The summed E-state index contributed by atoms with van der Waals surface area (Å²) in [7, 11) is 0. The van der Waals surface area contributed by atoms with Gasteiger partial charge in [-0.2, -0.15) is 0 Å². The first-order chi connectivity index (χ1) is 19.3. The van der Waals surface area contributed by atoms with Crippen LogP contribution in [0.4, 0.5) is 21.1 Å². The van der Waals surface area contributed by atoms with Crippen molar-refractivity contribution in [2.75, 3.05) is 23.3 Å². The minimum Gasteiger partial charge on any atom is -0.465 e. The number of imidazole rings is 1. The van der Waals surface area contributed by atoms with E-state index >= 15 is 0 Å². The van der Waals surface area contributed by atoms with Gasteiger partial charge in [-0.1, -0.05) is 27.5 Å². The molecule has 1 saturated heterocycles. The number of nitrogens with zero attached hydrogens (tertiary/aromatic N) is 5. The van der Waals surface area contributed by atoms with E-state index in [2.05, 4.69) is 46.8 Å². The Balaban J connectivity index is 1.44. The van der Waals surface area contributed by atoms with Crippen LogP contribution >= 0.6 is 27.5 Å². The van der Waals surface area contributed by atoms with Crippen LogP contribution in [-0.2, 0) is 16.1 Å². The molecule has 1 aliphatic carbocycles. The van der Waals surface area contributed by atoms with Crippen molar-refractivity contribution in [2.45, 2.75) is 63.8 Å². The van der Waals surface area contributed by atoms with Crippen LogP contribution in [0.15, 0.2) is 29.3 Å². The fraction of sp³-hybridized carbons (Fsp3) is 0.462. The Morgan fingerprint density at radius 3 is 2.66 bits per heavy atom. The number of halogens is 2. The van der Waals surface area contributed by atoms with Crippen molar-refractivity contribution in [3.05, 3.63) is 39.8 Å². The van der Waals surface area contributed by atoms with Crippen LogP contribution in [0.2, 0.25) is 5.02 Å². The number of hydrogen-bond acceptors (Lipinski definition) is 8. The summed E-state index contributed by atoms with van der Waals surface area (Å²) >= 11 is 10.1. The van der Waals surface area contributed by atoms with Gasteiger partial charge in [-0.25, -0.2) is 24.5 Å². The summed E-state index contributed by atoms with van der Waals surface area (Å²) in [6.45, 7) is 6.15. The number of amides is 3. The molecule has 2 fully saturated rings. The lowest BCUT2D eigenvalue weighted by molar-refractivity contribution is -0.126. The standard InChI is InChI=1S/C26H30BrClN8O5/c1-25(2,3)41-24(40)33-20-19-21(30-12-29-20)36(13-31-19)10-16-17(27)8-14(28)9-18(16)35-7-6-26(11-35,34-23(38)39)22(37)32-15-4-5-15/h8-9,12-13,15,34H,4-7,10-11H2,1-3H3,(H,32,37)(H,38,39)(H,29,30,33,40). The highest BCUT2D eigenvalue weighted by molar-refractivity contribution is 9.10. The molecule has 0 radical (unpaired) electrons. The number of carboxylic acid groups (broad SMARTS) is 1. The second kappa shape index (κ2) is 11.0. The third-order valence-electron chi connectivity index (χ3n) is 6.79. The van der Waals surface area contributed by atoms with Crippen LogP contribution in [-0.4, -0.2) is 73.0 Å². The van der Waals surface area contributed by atoms with Gasteiger partial charge in [0.15, 0.2) is 17.0 Å². The number of ether oxygens (including phenoxy) is 1. The minimum atomic E-state index is -1.29. The van der Waals surface area contributed by atoms with Crippen molar-refractivity contribution < 1.29 is 24.2 Å². The first kappa shape index (κ1) is 28.9. The summed E-state index contributed by atoms with van der Waals surface area (Å²) in [5.41, 5.74) is 0.442. The van der Waals surface area contributed by atoms with Gasteiger partial charge in [0.25, 0.3) is 0 Å². The first-order valence-electron chi connectivity index (χ1n) is 13.0. The zero-order valence-corrected chi connectivity index (χ0v) is 25.0. The number of nitrogens with one attached hydrogen (secondary N) is 3. The monoisotopic (exact) mass is 648 g/mol. The molecule has 41 heavy (non-hydrogen) atoms. The van der Waals surface area contributed by atoms with Crippen LogP contribution in [0.1, 0.15) is 45.6 Å². The quantitative estimate of drug-likeness (QED) is 0.295. The number of anilines is 2. The smallest absolute Gasteiger partial charge is 0.413 e. The van der Waals surface area contributed by atoms with Crippen LogP contribution in [0.3, 0.4) is 0 Å². The van der Waals surface area contributed by atoms with Gasteiger partial charge in [0.05, 0.1) is 19.4 Å². The second-order valence-electron chi connectivity index (χ2n) is 11.2. The fourth-order valence-corrected chi connectivity index (χ4v) is 5.72. The zero-order valence-electron chi connectivity index (χ0n) is 22.7. The van der Waals surface area contributed by atoms with E-state index in [1.807, 2.05) is 4.90 Å². The molecule has 1 aliphatic heterocycles. The average molecular weight is 650 g/mol. The van der Waals surface area contributed by atoms with Crippen LogP contribution < -0.4 is 20.9 Å². The molecule has 15 heteroatoms. The van der Waals surface area contributed by atoms with Gasteiger partial charge < -0.3 is 29.9 Å². The Morgan fingerprint density at radius 2 is 1.98 bits per heavy atom. The Kier molecular flexibility index (Phi) is 7.72. The average Bonchev–Trinajstić information content (AvgIpc) is 3.42. The van der Waals surface area contributed by atoms with Crippen molar-refractivity contribution in [2.24, 2.45) is 0 Å². The number of carbonyl (C=O) groups is 3. The molecule has 2 aromatic heterocycles. The summed E-state index contributed by atoms with van der Waals surface area (Å²) in [6.07, 6.45) is 3.08. The molecule has 0 bridgehead atoms. The van der Waals surface area contributed by atoms with E-state index in [-0.39, 0.29) is 24.3 Å². The molecule has 4 N–H and O–H groups in total. The summed E-state index contributed by atoms with van der Waals surface area (Å²) in [5.74, 6) is -0.112. The summed E-state index contributed by atoms with van der Waals surface area (Å²) in [4.78, 5) is 52.1. The molecule has 1 atom stereocenters. The molecule has 3 amide bonds. The Morgan fingerprint density at radius 1 is 1.22 bits per heavy atom. The van der Waals surface area contributed by atoms with Gasteiger partial charge in [0, 0.05) is 33.3 Å². The Hall–Kier alpha value is -3.65. The van der Waals surface area contributed by atoms with Crippen molar-refractivity contribution >= 4 is 68.3 Å². The maximum atomic E-state index is 13.2. The number of hydrogen-bond donors (Lipinski definition) is 4. The molecular weight excluding hydrogens is 620 g/mol. The third-order valence-corrected chi connectivity index (χ3v) is 7.71. The molecular formula is C26H30BrClN8O5. The highest BCUT2D eigenvalue weighted by atomic mass is 79.9. The van der Waals surface area contributed by atoms with E-state index in [9.17, 15) is 19.5 Å². The van der Waals surface area contributed by atoms with E-state index in [1.54, 1.807) is 43.8 Å². The molecule has 13 nitrogen and oxygen atoms in total. The zero-order chi connectivity index (χ0) is 29.5. The largest absolute Gasteiger partial charge is 0.465 e. The molecule has 2 aliphatic rings. The number of rotatable bonds is 7. The van der Waals surface area contributed by atoms with Crippen molar-refractivity contribution in [3.63, 3.8) is 0 Å². The predicted molar refractivity (Wildman–Crippen MR) is 155 cm³/mol. The maximum absolute atomic E-state index is 13.2. The van der Waals surface area contributed by atoms with Crippen LogP contribution in [0.5, 0.6) is 0 Å². The van der Waals surface area contributed by atoms with Crippen LogP contribution in [0, 0.1) is 0 Å². The minimum absolute atomic E-state index is 0.0890. The number of fused-ring (bicyclic) bond motifs is 1. The Bertz CT molecular complexity index is 1520. The lowest BCUT2D eigenvalue weighted by Gasteiger charge is -2.29. The summed E-state index contributed by atoms with van der Waals surface area (Å²) < 4.78 is 7.85. The SMILES string of the molecule is CC(C)(C)OC(=O)Nc1ncnc2c1ncn2Cc1c(Br)cc(Cl)cc1N1CCC(NC(=O)O)(C(=O)NC2CC2)C1. The summed E-state index contributed by atoms with van der Waals surface area (Å²) in [5, 5.41) is 18.1. The third kappa shape index (κ3) is 6.48. The molecule has 1 saturated carbocycles. The number of aromatic nitrogens is 4. The van der Waals surface area contributed by atoms with Gasteiger partial charge >= 0.3 is 12.2 Å². The highest BCUT2D eigenvalue weighted by Gasteiger charge is 2.48. The lowest BCUT2D eigenvalue weighted by atomic mass is 9.97. The van der Waals surface area contributed by atoms with E-state index in [0.717, 1.165) is 24.1 Å². The highest BCUT2D eigenvalue weighted by Crippen LogP contribution is 2.37. The summed E-state index contributed by atoms with van der Waals surface area (Å²) in [6, 6.07) is 3.65. The maximum Gasteiger partial charge on any atom is 0.413 e. The first-order valence-corrected chi connectivity index (χ1v) is 14.2. The van der Waals surface area contributed by atoms with Crippen LogP contribution in [0.25, 0.3) is 11.2 Å². The van der Waals surface area contributed by atoms with Crippen molar-refractivity contribution in [1.82, 2.24) is 30.2 Å². The second-order valence-corrected chi connectivity index (χ2v) is 12.5. The van der Waals surface area contributed by atoms with E-state index in [1.165, 1.54) is 6.33 Å². The van der Waals surface area contributed by atoms with Gasteiger partial charge in [0.1, 0.15) is 17.5 Å². The van der Waals surface area contributed by atoms with E-state index in [4.69, 9.17) is 16.3 Å². The normalized spacial score (nSPS) is 18.8. The molecule has 5 rings (SSSR count). The number of benzene rings is 1. The molecule has 1 unspecified atom stereocenters. The Labute approximate surface area is 249 Å². The number of carbonyl (C=O) groups excluding carboxylic acids is 2. The molecule has 3 aromatic rings. The van der Waals surface area contributed by atoms with E-state index in [0.29, 0.717) is 40.2 Å². The van der Waals surface area contributed by atoms with Gasteiger partial charge in [0.2, 0.25) is 5.91 Å². The molecule has 0 spiro atoms. The van der Waals surface area contributed by atoms with Gasteiger partial charge in [-0.15, -0.1) is 0 Å². The topological polar surface area (TPSA) is 164 Å². The molecule has 3 heterocycles. The fourth-order valence-electron chi connectivity index (χ4n) is 4.80. The van der Waals surface area contributed by atoms with Gasteiger partial charge in [-0.05, 0) is 52.2 Å².